The van der Waals surface area contributed by atoms with E-state index in [1.165, 1.54) is 64.2 Å². The minimum Gasteiger partial charge on any atom is -0.490 e. The van der Waals surface area contributed by atoms with Crippen LogP contribution in [0, 0.1) is 29.4 Å². The smallest absolute Gasteiger partial charge is 0.201 e. The number of rotatable bonds is 12. The second kappa shape index (κ2) is 13.9. The van der Waals surface area contributed by atoms with Crippen molar-refractivity contribution in [3.05, 3.63) is 47.6 Å². The highest BCUT2D eigenvalue weighted by Gasteiger charge is 2.21. The van der Waals surface area contributed by atoms with Gasteiger partial charge in [0.05, 0.1) is 6.61 Å². The molecule has 1 unspecified atom stereocenters. The summed E-state index contributed by atoms with van der Waals surface area (Å²) in [6.07, 6.45) is 24.1. The van der Waals surface area contributed by atoms with Gasteiger partial charge in [-0.05, 0) is 74.0 Å². The third-order valence-electron chi connectivity index (χ3n) is 7.64. The van der Waals surface area contributed by atoms with Gasteiger partial charge in [-0.15, -0.1) is 0 Å². The quantitative estimate of drug-likeness (QED) is 0.224. The molecule has 0 radical (unpaired) electrons. The van der Waals surface area contributed by atoms with Crippen molar-refractivity contribution in [1.29, 1.82) is 0 Å². The zero-order valence-electron chi connectivity index (χ0n) is 20.9. The van der Waals surface area contributed by atoms with E-state index in [4.69, 9.17) is 4.74 Å². The second-order valence-electron chi connectivity index (χ2n) is 10.2. The van der Waals surface area contributed by atoms with Crippen molar-refractivity contribution in [1.82, 2.24) is 0 Å². The van der Waals surface area contributed by atoms with Crippen LogP contribution in [0.25, 0.3) is 5.57 Å². The maximum atomic E-state index is 14.6. The van der Waals surface area contributed by atoms with E-state index in [1.807, 2.05) is 6.92 Å². The van der Waals surface area contributed by atoms with Crippen LogP contribution in [0.4, 0.5) is 8.78 Å². The molecule has 1 atom stereocenters. The molecule has 0 amide bonds. The molecule has 2 aliphatic carbocycles. The van der Waals surface area contributed by atoms with Crippen LogP contribution in [-0.2, 0) is 0 Å². The highest BCUT2D eigenvalue weighted by Crippen LogP contribution is 2.36. The van der Waals surface area contributed by atoms with Crippen LogP contribution in [0.15, 0.2) is 30.4 Å². The topological polar surface area (TPSA) is 9.23 Å². The van der Waals surface area contributed by atoms with Gasteiger partial charge in [0.25, 0.3) is 0 Å². The Kier molecular flexibility index (Phi) is 11.0. The maximum Gasteiger partial charge on any atom is 0.201 e. The maximum absolute atomic E-state index is 14.6. The van der Waals surface area contributed by atoms with Crippen molar-refractivity contribution in [3.63, 3.8) is 0 Å². The minimum atomic E-state index is -0.862. The van der Waals surface area contributed by atoms with Crippen molar-refractivity contribution in [2.75, 3.05) is 6.61 Å². The van der Waals surface area contributed by atoms with Gasteiger partial charge in [-0.25, -0.2) is 4.39 Å². The first-order chi connectivity index (χ1) is 16.1. The van der Waals surface area contributed by atoms with Crippen LogP contribution in [0.5, 0.6) is 5.75 Å². The fourth-order valence-corrected chi connectivity index (χ4v) is 5.49. The highest BCUT2D eigenvalue weighted by molar-refractivity contribution is 5.67. The van der Waals surface area contributed by atoms with E-state index in [0.29, 0.717) is 18.1 Å². The summed E-state index contributed by atoms with van der Waals surface area (Å²) in [6.45, 7) is 4.63. The third-order valence-corrected chi connectivity index (χ3v) is 7.64. The molecule has 1 aromatic carbocycles. The Morgan fingerprint density at radius 3 is 2.33 bits per heavy atom. The summed E-state index contributed by atoms with van der Waals surface area (Å²) < 4.78 is 34.2. The molecule has 33 heavy (non-hydrogen) atoms. The number of hydrogen-bond acceptors (Lipinski definition) is 1. The second-order valence-corrected chi connectivity index (χ2v) is 10.2. The van der Waals surface area contributed by atoms with Crippen molar-refractivity contribution in [2.24, 2.45) is 17.8 Å². The molecule has 1 fully saturated rings. The van der Waals surface area contributed by atoms with E-state index in [1.54, 1.807) is 12.1 Å². The number of unbranched alkanes of at least 4 members (excludes halogenated alkanes) is 2. The monoisotopic (exact) mass is 458 g/mol. The van der Waals surface area contributed by atoms with E-state index >= 15 is 0 Å². The lowest BCUT2D eigenvalue weighted by Crippen LogP contribution is -2.14. The van der Waals surface area contributed by atoms with E-state index in [-0.39, 0.29) is 5.75 Å². The van der Waals surface area contributed by atoms with Gasteiger partial charge in [-0.1, -0.05) is 83.4 Å². The number of hydrogen-bond donors (Lipinski definition) is 0. The Morgan fingerprint density at radius 1 is 0.909 bits per heavy atom. The summed E-state index contributed by atoms with van der Waals surface area (Å²) in [5.41, 5.74) is 1.32. The van der Waals surface area contributed by atoms with Crippen LogP contribution in [0.1, 0.15) is 109 Å². The first-order valence-corrected chi connectivity index (χ1v) is 13.6. The average molecular weight is 459 g/mol. The summed E-state index contributed by atoms with van der Waals surface area (Å²) in [4.78, 5) is 0. The number of ether oxygens (including phenoxy) is 1. The van der Waals surface area contributed by atoms with Gasteiger partial charge in [0.1, 0.15) is 0 Å². The normalized spacial score (nSPS) is 23.6. The van der Waals surface area contributed by atoms with E-state index in [2.05, 4.69) is 25.2 Å². The van der Waals surface area contributed by atoms with Gasteiger partial charge in [-0.2, -0.15) is 4.39 Å². The summed E-state index contributed by atoms with van der Waals surface area (Å²) in [5.74, 6) is 0.799. The largest absolute Gasteiger partial charge is 0.490 e. The molecule has 184 valence electrons. The van der Waals surface area contributed by atoms with Crippen LogP contribution in [0.2, 0.25) is 0 Å². The van der Waals surface area contributed by atoms with Crippen molar-refractivity contribution >= 4 is 5.57 Å². The molecule has 0 spiro atoms. The summed E-state index contributed by atoms with van der Waals surface area (Å²) >= 11 is 0. The van der Waals surface area contributed by atoms with E-state index in [9.17, 15) is 8.78 Å². The molecule has 1 saturated carbocycles. The molecule has 1 aromatic rings. The van der Waals surface area contributed by atoms with Crippen molar-refractivity contribution < 1.29 is 13.5 Å². The zero-order chi connectivity index (χ0) is 23.5. The molecule has 3 rings (SSSR count). The van der Waals surface area contributed by atoms with Gasteiger partial charge in [-0.3, -0.25) is 0 Å². The molecular weight excluding hydrogens is 414 g/mol. The van der Waals surface area contributed by atoms with Crippen LogP contribution in [-0.4, -0.2) is 6.61 Å². The number of allylic oxidation sites excluding steroid dienone is 4. The first-order valence-electron chi connectivity index (χ1n) is 13.6. The molecule has 2 aliphatic rings. The SMILES string of the molecule is CCCCCC1CCC(CCC=CC2CC=C(c3ccc(OCCC)c(F)c3F)CC2)CC1. The lowest BCUT2D eigenvalue weighted by molar-refractivity contribution is 0.250. The molecule has 3 heteroatoms. The molecule has 0 aliphatic heterocycles. The summed E-state index contributed by atoms with van der Waals surface area (Å²) in [7, 11) is 0. The Hall–Kier alpha value is -1.64. The summed E-state index contributed by atoms with van der Waals surface area (Å²) in [5, 5.41) is 0. The molecular formula is C30H44F2O. The van der Waals surface area contributed by atoms with Gasteiger partial charge in [0, 0.05) is 5.56 Å². The molecule has 0 N–H and O–H groups in total. The lowest BCUT2D eigenvalue weighted by atomic mass is 9.78. The van der Waals surface area contributed by atoms with Crippen molar-refractivity contribution in [2.45, 2.75) is 104 Å². The molecule has 0 saturated heterocycles. The Labute approximate surface area is 200 Å². The first kappa shape index (κ1) is 26.0. The fourth-order valence-electron chi connectivity index (χ4n) is 5.49. The van der Waals surface area contributed by atoms with Gasteiger partial charge in [0.2, 0.25) is 5.82 Å². The van der Waals surface area contributed by atoms with E-state index < -0.39 is 11.6 Å². The lowest BCUT2D eigenvalue weighted by Gasteiger charge is -2.28. The predicted octanol–water partition coefficient (Wildman–Crippen LogP) is 9.66. The van der Waals surface area contributed by atoms with Crippen LogP contribution < -0.4 is 4.74 Å². The average Bonchev–Trinajstić information content (AvgIpc) is 2.84. The highest BCUT2D eigenvalue weighted by atomic mass is 19.2. The number of halogens is 2. The van der Waals surface area contributed by atoms with Gasteiger partial charge in [0.15, 0.2) is 11.6 Å². The zero-order valence-corrected chi connectivity index (χ0v) is 20.9. The van der Waals surface area contributed by atoms with Crippen LogP contribution >= 0.6 is 0 Å². The number of benzene rings is 1. The minimum absolute atomic E-state index is 0.0142. The van der Waals surface area contributed by atoms with Crippen molar-refractivity contribution in [3.8, 4) is 5.75 Å². The molecule has 0 heterocycles. The summed E-state index contributed by atoms with van der Waals surface area (Å²) in [6, 6.07) is 3.23. The van der Waals surface area contributed by atoms with Crippen LogP contribution in [0.3, 0.4) is 0 Å². The Morgan fingerprint density at radius 2 is 1.67 bits per heavy atom. The Balaban J connectivity index is 1.39. The standard InChI is InChI=1S/C30H44F2O/c1-3-5-6-9-23-12-14-24(15-13-23)10-7-8-11-25-16-18-26(19-17-25)27-20-21-28(33-22-4-2)30(32)29(27)31/h8,11,18,20-21,23-25H,3-7,9-10,12-17,19,22H2,1-2H3. The third kappa shape index (κ3) is 7.97. The van der Waals surface area contributed by atoms with Gasteiger partial charge < -0.3 is 4.74 Å². The van der Waals surface area contributed by atoms with E-state index in [0.717, 1.165) is 43.1 Å². The Bertz CT molecular complexity index is 774. The molecule has 1 nitrogen and oxygen atoms in total. The predicted molar refractivity (Wildman–Crippen MR) is 135 cm³/mol. The molecule has 0 aromatic heterocycles. The van der Waals surface area contributed by atoms with Gasteiger partial charge >= 0.3 is 0 Å². The fraction of sp³-hybridized carbons (Fsp3) is 0.667. The molecule has 0 bridgehead atoms.